The molecule has 0 aliphatic carbocycles. The molecule has 1 fully saturated rings. The van der Waals surface area contributed by atoms with Crippen LogP contribution in [0, 0.1) is 5.92 Å². The van der Waals surface area contributed by atoms with Crippen LogP contribution in [0.2, 0.25) is 0 Å². The average Bonchev–Trinajstić information content (AvgIpc) is 2.62. The van der Waals surface area contributed by atoms with Gasteiger partial charge in [0.2, 0.25) is 0 Å². The lowest BCUT2D eigenvalue weighted by Gasteiger charge is -2.41. The largest absolute Gasteiger partial charge is 0.378 e. The number of methoxy groups -OCH3 is 1. The summed E-state index contributed by atoms with van der Waals surface area (Å²) < 4.78 is 35.0. The maximum atomic E-state index is 12.5. The molecule has 1 heterocycles. The highest BCUT2D eigenvalue weighted by Crippen LogP contribution is 2.49. The standard InChI is InChI=1S/C18H38NO5P/c1-5-6-7-8-9-10-11-12-16-18(24-25(20,14-19)22-4)17(21-3)15(2)13-23-16/h15-18H,5-14,19H2,1-4H3/t15-,16-,17+,18+,25?/m0/s1. The van der Waals surface area contributed by atoms with E-state index in [-0.39, 0.29) is 24.4 Å². The first-order chi connectivity index (χ1) is 12.0. The van der Waals surface area contributed by atoms with Crippen LogP contribution in [0.5, 0.6) is 0 Å². The molecule has 1 aliphatic heterocycles. The highest BCUT2D eigenvalue weighted by Gasteiger charge is 2.43. The molecule has 1 aliphatic rings. The minimum atomic E-state index is -3.30. The van der Waals surface area contributed by atoms with Gasteiger partial charge < -0.3 is 19.7 Å². The molecule has 0 amide bonds. The highest BCUT2D eigenvalue weighted by molar-refractivity contribution is 7.53. The van der Waals surface area contributed by atoms with E-state index in [1.807, 2.05) is 0 Å². The lowest BCUT2D eigenvalue weighted by Crippen LogP contribution is -2.51. The van der Waals surface area contributed by atoms with Crippen LogP contribution in [0.25, 0.3) is 0 Å². The Bertz CT molecular complexity index is 388. The van der Waals surface area contributed by atoms with Crippen molar-refractivity contribution in [2.24, 2.45) is 11.7 Å². The van der Waals surface area contributed by atoms with Crippen LogP contribution < -0.4 is 5.73 Å². The number of nitrogens with two attached hydrogens (primary N) is 1. The van der Waals surface area contributed by atoms with E-state index in [2.05, 4.69) is 13.8 Å². The fraction of sp³-hybridized carbons (Fsp3) is 1.00. The average molecular weight is 379 g/mol. The predicted octanol–water partition coefficient (Wildman–Crippen LogP) is 4.32. The molecule has 2 N–H and O–H groups in total. The van der Waals surface area contributed by atoms with Crippen molar-refractivity contribution in [2.45, 2.75) is 83.5 Å². The van der Waals surface area contributed by atoms with Crippen molar-refractivity contribution in [1.29, 1.82) is 0 Å². The molecule has 5 atom stereocenters. The second-order valence-corrected chi connectivity index (χ2v) is 9.17. The lowest BCUT2D eigenvalue weighted by atomic mass is 9.91. The quantitative estimate of drug-likeness (QED) is 0.379. The second kappa shape index (κ2) is 12.4. The van der Waals surface area contributed by atoms with Gasteiger partial charge in [-0.25, -0.2) is 0 Å². The molecule has 0 radical (unpaired) electrons. The minimum Gasteiger partial charge on any atom is -0.378 e. The maximum absolute atomic E-state index is 12.5. The molecule has 0 spiro atoms. The molecule has 150 valence electrons. The van der Waals surface area contributed by atoms with Crippen molar-refractivity contribution in [2.75, 3.05) is 27.1 Å². The predicted molar refractivity (Wildman–Crippen MR) is 101 cm³/mol. The van der Waals surface area contributed by atoms with Crippen molar-refractivity contribution < 1.29 is 23.1 Å². The Labute approximate surface area is 153 Å². The van der Waals surface area contributed by atoms with Gasteiger partial charge in [0.05, 0.1) is 25.1 Å². The van der Waals surface area contributed by atoms with E-state index in [1.165, 1.54) is 45.6 Å². The van der Waals surface area contributed by atoms with E-state index in [0.29, 0.717) is 6.61 Å². The molecular formula is C18H38NO5P. The summed E-state index contributed by atoms with van der Waals surface area (Å²) in [5.41, 5.74) is 5.59. The van der Waals surface area contributed by atoms with Crippen LogP contribution in [0.1, 0.15) is 65.2 Å². The molecule has 0 aromatic carbocycles. The van der Waals surface area contributed by atoms with E-state index in [1.54, 1.807) is 7.11 Å². The van der Waals surface area contributed by atoms with Crippen molar-refractivity contribution in [3.63, 3.8) is 0 Å². The topological polar surface area (TPSA) is 80.0 Å². The summed E-state index contributed by atoms with van der Waals surface area (Å²) in [7, 11) is -0.274. The molecule has 1 unspecified atom stereocenters. The highest BCUT2D eigenvalue weighted by atomic mass is 31.2. The van der Waals surface area contributed by atoms with Gasteiger partial charge in [-0.2, -0.15) is 0 Å². The summed E-state index contributed by atoms with van der Waals surface area (Å²) in [6, 6.07) is 0. The molecule has 0 aromatic rings. The fourth-order valence-electron chi connectivity index (χ4n) is 3.39. The van der Waals surface area contributed by atoms with Crippen LogP contribution >= 0.6 is 7.60 Å². The third kappa shape index (κ3) is 7.66. The third-order valence-electron chi connectivity index (χ3n) is 4.97. The van der Waals surface area contributed by atoms with E-state index < -0.39 is 13.7 Å². The smallest absolute Gasteiger partial charge is 0.344 e. The van der Waals surface area contributed by atoms with E-state index in [4.69, 9.17) is 24.3 Å². The minimum absolute atomic E-state index is 0.133. The zero-order valence-electron chi connectivity index (χ0n) is 16.4. The molecule has 25 heavy (non-hydrogen) atoms. The molecule has 6 nitrogen and oxygen atoms in total. The van der Waals surface area contributed by atoms with Crippen molar-refractivity contribution >= 4 is 7.60 Å². The third-order valence-corrected chi connectivity index (χ3v) is 6.54. The van der Waals surface area contributed by atoms with Gasteiger partial charge >= 0.3 is 7.60 Å². The van der Waals surface area contributed by atoms with E-state index in [9.17, 15) is 4.57 Å². The van der Waals surface area contributed by atoms with Gasteiger partial charge in [0, 0.05) is 20.1 Å². The van der Waals surface area contributed by atoms with Gasteiger partial charge in [-0.1, -0.05) is 58.8 Å². The van der Waals surface area contributed by atoms with E-state index >= 15 is 0 Å². The van der Waals surface area contributed by atoms with E-state index in [0.717, 1.165) is 12.8 Å². The van der Waals surface area contributed by atoms with Crippen molar-refractivity contribution in [3.8, 4) is 0 Å². The Morgan fingerprint density at radius 3 is 2.28 bits per heavy atom. The Morgan fingerprint density at radius 2 is 1.72 bits per heavy atom. The van der Waals surface area contributed by atoms with Gasteiger partial charge in [-0.05, 0) is 6.42 Å². The van der Waals surface area contributed by atoms with Crippen LogP contribution in [-0.4, -0.2) is 45.4 Å². The molecule has 1 saturated heterocycles. The van der Waals surface area contributed by atoms with Crippen LogP contribution in [0.4, 0.5) is 0 Å². The van der Waals surface area contributed by atoms with Crippen molar-refractivity contribution in [3.05, 3.63) is 0 Å². The molecule has 0 bridgehead atoms. The second-order valence-electron chi connectivity index (χ2n) is 7.01. The summed E-state index contributed by atoms with van der Waals surface area (Å²) in [5.74, 6) is 0.170. The van der Waals surface area contributed by atoms with Crippen LogP contribution in [0.3, 0.4) is 0 Å². The van der Waals surface area contributed by atoms with Gasteiger partial charge in [0.25, 0.3) is 0 Å². The number of ether oxygens (including phenoxy) is 2. The molecule has 7 heteroatoms. The monoisotopic (exact) mass is 379 g/mol. The SMILES string of the molecule is CCCCCCCCC[C@@H]1OC[C@H](C)[C@@H](OC)[C@@H]1OP(=O)(CN)OC. The molecular weight excluding hydrogens is 341 g/mol. The normalized spacial score (nSPS) is 29.5. The molecule has 0 saturated carbocycles. The number of hydrogen-bond acceptors (Lipinski definition) is 6. The summed E-state index contributed by atoms with van der Waals surface area (Å²) in [4.78, 5) is 0. The number of hydrogen-bond donors (Lipinski definition) is 1. The Kier molecular flexibility index (Phi) is 11.5. The number of rotatable bonds is 13. The fourth-order valence-corrected chi connectivity index (χ4v) is 4.34. The van der Waals surface area contributed by atoms with Gasteiger partial charge in [0.15, 0.2) is 0 Å². The summed E-state index contributed by atoms with van der Waals surface area (Å²) in [6.45, 7) is 4.90. The Hall–Kier alpha value is 0.0300. The van der Waals surface area contributed by atoms with Gasteiger partial charge in [-0.3, -0.25) is 9.09 Å². The number of unbranched alkanes of at least 4 members (excludes halogenated alkanes) is 6. The summed E-state index contributed by atoms with van der Waals surface area (Å²) in [5, 5.41) is 0. The molecule has 0 aromatic heterocycles. The lowest BCUT2D eigenvalue weighted by molar-refractivity contribution is -0.165. The first kappa shape index (κ1) is 23.1. The van der Waals surface area contributed by atoms with Crippen LogP contribution in [-0.2, 0) is 23.1 Å². The first-order valence-corrected chi connectivity index (χ1v) is 11.4. The summed E-state index contributed by atoms with van der Waals surface area (Å²) in [6.07, 6.45) is 8.72. The zero-order chi connectivity index (χ0) is 18.7. The Balaban J connectivity index is 2.57. The zero-order valence-corrected chi connectivity index (χ0v) is 17.3. The first-order valence-electron chi connectivity index (χ1n) is 9.69. The summed E-state index contributed by atoms with van der Waals surface area (Å²) >= 11 is 0. The van der Waals surface area contributed by atoms with Gasteiger partial charge in [0.1, 0.15) is 6.10 Å². The Morgan fingerprint density at radius 1 is 1.08 bits per heavy atom. The van der Waals surface area contributed by atoms with Crippen LogP contribution in [0.15, 0.2) is 0 Å². The van der Waals surface area contributed by atoms with Crippen molar-refractivity contribution in [1.82, 2.24) is 0 Å². The van der Waals surface area contributed by atoms with Gasteiger partial charge in [-0.15, -0.1) is 0 Å². The molecule has 1 rings (SSSR count). The maximum Gasteiger partial charge on any atom is 0.344 e.